The van der Waals surface area contributed by atoms with Gasteiger partial charge in [0, 0.05) is 18.5 Å². The smallest absolute Gasteiger partial charge is 0.265 e. The van der Waals surface area contributed by atoms with Gasteiger partial charge < -0.3 is 0 Å². The Bertz CT molecular complexity index is 562. The molecule has 1 heterocycles. The molecule has 1 saturated heterocycles. The van der Waals surface area contributed by atoms with Gasteiger partial charge in [0.15, 0.2) is 5.78 Å². The van der Waals surface area contributed by atoms with Crippen molar-refractivity contribution in [2.45, 2.75) is 31.1 Å². The Morgan fingerprint density at radius 3 is 2.79 bits per heavy atom. The Labute approximate surface area is 113 Å². The first-order chi connectivity index (χ1) is 9.05. The summed E-state index contributed by atoms with van der Waals surface area (Å²) in [5, 5.41) is 0. The highest BCUT2D eigenvalue weighted by atomic mass is 32.2. The Hall–Kier alpha value is -1.24. The Balaban J connectivity index is 2.32. The normalized spacial score (nSPS) is 17.3. The molecular weight excluding hydrogens is 266 g/mol. The molecule has 5 nitrogen and oxygen atoms in total. The van der Waals surface area contributed by atoms with Crippen LogP contribution in [0.5, 0.6) is 0 Å². The molecule has 2 rings (SSSR count). The van der Waals surface area contributed by atoms with Crippen LogP contribution in [0.4, 0.5) is 0 Å². The van der Waals surface area contributed by atoms with Gasteiger partial charge in [0.25, 0.3) is 10.0 Å². The van der Waals surface area contributed by atoms with Crippen LogP contribution < -0.4 is 0 Å². The van der Waals surface area contributed by atoms with E-state index in [0.29, 0.717) is 25.1 Å². The van der Waals surface area contributed by atoms with Crippen molar-refractivity contribution in [3.63, 3.8) is 0 Å². The number of sulfonamides is 1. The second kappa shape index (κ2) is 5.81. The summed E-state index contributed by atoms with van der Waals surface area (Å²) in [6, 6.07) is 6.11. The van der Waals surface area contributed by atoms with Crippen molar-refractivity contribution in [1.29, 1.82) is 0 Å². The molecule has 19 heavy (non-hydrogen) atoms. The van der Waals surface area contributed by atoms with E-state index in [4.69, 9.17) is 4.84 Å². The van der Waals surface area contributed by atoms with E-state index >= 15 is 0 Å². The van der Waals surface area contributed by atoms with E-state index in [-0.39, 0.29) is 10.7 Å². The minimum Gasteiger partial charge on any atom is -0.294 e. The van der Waals surface area contributed by atoms with E-state index < -0.39 is 10.0 Å². The molecule has 1 aliphatic rings. The summed E-state index contributed by atoms with van der Waals surface area (Å²) in [4.78, 5) is 16.9. The van der Waals surface area contributed by atoms with Gasteiger partial charge >= 0.3 is 0 Å². The van der Waals surface area contributed by atoms with Crippen LogP contribution in [0.15, 0.2) is 29.2 Å². The molecule has 0 N–H and O–H groups in total. The zero-order valence-electron chi connectivity index (χ0n) is 10.8. The molecule has 0 bridgehead atoms. The van der Waals surface area contributed by atoms with Gasteiger partial charge in [0.05, 0.1) is 11.5 Å². The van der Waals surface area contributed by atoms with Crippen LogP contribution in [-0.2, 0) is 14.9 Å². The van der Waals surface area contributed by atoms with Gasteiger partial charge in [-0.1, -0.05) is 23.5 Å². The summed E-state index contributed by atoms with van der Waals surface area (Å²) in [6.45, 7) is 2.51. The third-order valence-corrected chi connectivity index (χ3v) is 4.69. The van der Waals surface area contributed by atoms with Gasteiger partial charge in [-0.15, -0.1) is 0 Å². The van der Waals surface area contributed by atoms with E-state index in [0.717, 1.165) is 17.3 Å². The Kier molecular flexibility index (Phi) is 4.34. The summed E-state index contributed by atoms with van der Waals surface area (Å²) in [7, 11) is -3.67. The molecule has 1 aromatic rings. The monoisotopic (exact) mass is 283 g/mol. The van der Waals surface area contributed by atoms with E-state index in [1.807, 2.05) is 0 Å². The number of nitrogens with zero attached hydrogens (tertiary/aromatic N) is 1. The van der Waals surface area contributed by atoms with E-state index in [2.05, 4.69) is 0 Å². The molecule has 0 unspecified atom stereocenters. The standard InChI is InChI=1S/C13H17NO4S/c1-2-13(15)11-6-5-7-12(10-11)19(16,17)14-8-3-4-9-18-14/h5-7,10H,2-4,8-9H2,1H3. The minimum absolute atomic E-state index is 0.0726. The fraction of sp³-hybridized carbons (Fsp3) is 0.462. The molecule has 0 spiro atoms. The number of ketones is 1. The van der Waals surface area contributed by atoms with Crippen LogP contribution in [0.25, 0.3) is 0 Å². The lowest BCUT2D eigenvalue weighted by Gasteiger charge is -2.25. The quantitative estimate of drug-likeness (QED) is 0.793. The van der Waals surface area contributed by atoms with Gasteiger partial charge in [-0.2, -0.15) is 0 Å². The van der Waals surface area contributed by atoms with Crippen LogP contribution in [0, 0.1) is 0 Å². The van der Waals surface area contributed by atoms with Gasteiger partial charge in [-0.25, -0.2) is 8.42 Å². The lowest BCUT2D eigenvalue weighted by Crippen LogP contribution is -2.35. The van der Waals surface area contributed by atoms with Crippen molar-refractivity contribution in [1.82, 2.24) is 4.47 Å². The predicted molar refractivity (Wildman–Crippen MR) is 70.1 cm³/mol. The highest BCUT2D eigenvalue weighted by molar-refractivity contribution is 7.89. The number of carbonyl (C=O) groups excluding carboxylic acids is 1. The molecule has 0 aliphatic carbocycles. The third kappa shape index (κ3) is 3.02. The van der Waals surface area contributed by atoms with Gasteiger partial charge in [-0.05, 0) is 25.0 Å². The van der Waals surface area contributed by atoms with Crippen LogP contribution in [-0.4, -0.2) is 31.8 Å². The van der Waals surface area contributed by atoms with Gasteiger partial charge in [-0.3, -0.25) is 9.63 Å². The maximum Gasteiger partial charge on any atom is 0.265 e. The molecular formula is C13H17NO4S. The number of carbonyl (C=O) groups is 1. The molecule has 0 saturated carbocycles. The fourth-order valence-corrected chi connectivity index (χ4v) is 3.26. The predicted octanol–water partition coefficient (Wildman–Crippen LogP) is 2.00. The first-order valence-electron chi connectivity index (χ1n) is 6.34. The zero-order chi connectivity index (χ0) is 13.9. The average Bonchev–Trinajstić information content (AvgIpc) is 2.47. The minimum atomic E-state index is -3.67. The number of Topliss-reactive ketones (excluding diaryl/α,β-unsaturated/α-hetero) is 1. The van der Waals surface area contributed by atoms with Crippen LogP contribution in [0.3, 0.4) is 0 Å². The van der Waals surface area contributed by atoms with Crippen molar-refractivity contribution in [3.8, 4) is 0 Å². The van der Waals surface area contributed by atoms with E-state index in [9.17, 15) is 13.2 Å². The van der Waals surface area contributed by atoms with Crippen molar-refractivity contribution < 1.29 is 18.0 Å². The molecule has 1 aliphatic heterocycles. The maximum atomic E-state index is 12.3. The summed E-state index contributed by atoms with van der Waals surface area (Å²) < 4.78 is 25.7. The van der Waals surface area contributed by atoms with Crippen molar-refractivity contribution in [3.05, 3.63) is 29.8 Å². The molecule has 1 fully saturated rings. The van der Waals surface area contributed by atoms with E-state index in [1.54, 1.807) is 19.1 Å². The molecule has 0 radical (unpaired) electrons. The van der Waals surface area contributed by atoms with Crippen molar-refractivity contribution in [2.24, 2.45) is 0 Å². The molecule has 6 heteroatoms. The second-order valence-electron chi connectivity index (χ2n) is 4.38. The second-order valence-corrected chi connectivity index (χ2v) is 6.21. The number of benzene rings is 1. The largest absolute Gasteiger partial charge is 0.294 e. The third-order valence-electron chi connectivity index (χ3n) is 3.01. The zero-order valence-corrected chi connectivity index (χ0v) is 11.6. The summed E-state index contributed by atoms with van der Waals surface area (Å²) >= 11 is 0. The number of hydroxylamine groups is 1. The molecule has 0 aromatic heterocycles. The molecule has 104 valence electrons. The fourth-order valence-electron chi connectivity index (χ4n) is 1.92. The Morgan fingerprint density at radius 2 is 2.16 bits per heavy atom. The lowest BCUT2D eigenvalue weighted by atomic mass is 10.1. The van der Waals surface area contributed by atoms with Crippen molar-refractivity contribution in [2.75, 3.05) is 13.2 Å². The van der Waals surface area contributed by atoms with Crippen LogP contribution in [0.1, 0.15) is 36.5 Å². The topological polar surface area (TPSA) is 63.7 Å². The number of hydrogen-bond acceptors (Lipinski definition) is 4. The number of hydrogen-bond donors (Lipinski definition) is 0. The van der Waals surface area contributed by atoms with E-state index in [1.165, 1.54) is 12.1 Å². The highest BCUT2D eigenvalue weighted by Gasteiger charge is 2.27. The summed E-state index contributed by atoms with van der Waals surface area (Å²) in [6.07, 6.45) is 2.00. The highest BCUT2D eigenvalue weighted by Crippen LogP contribution is 2.21. The van der Waals surface area contributed by atoms with Crippen LogP contribution >= 0.6 is 0 Å². The first kappa shape index (κ1) is 14.2. The van der Waals surface area contributed by atoms with Gasteiger partial charge in [0.2, 0.25) is 0 Å². The number of rotatable bonds is 4. The SMILES string of the molecule is CCC(=O)c1cccc(S(=O)(=O)N2CCCCO2)c1. The summed E-state index contributed by atoms with van der Waals surface area (Å²) in [5.41, 5.74) is 0.417. The van der Waals surface area contributed by atoms with Gasteiger partial charge in [0.1, 0.15) is 0 Å². The maximum absolute atomic E-state index is 12.3. The molecule has 1 aromatic carbocycles. The Morgan fingerprint density at radius 1 is 1.37 bits per heavy atom. The average molecular weight is 283 g/mol. The van der Waals surface area contributed by atoms with Crippen molar-refractivity contribution >= 4 is 15.8 Å². The van der Waals surface area contributed by atoms with Crippen LogP contribution in [0.2, 0.25) is 0 Å². The summed E-state index contributed by atoms with van der Waals surface area (Å²) in [5.74, 6) is -0.0726. The first-order valence-corrected chi connectivity index (χ1v) is 7.78. The molecule has 0 atom stereocenters. The molecule has 0 amide bonds. The lowest BCUT2D eigenvalue weighted by molar-refractivity contribution is -0.108.